The molecule has 0 aromatic heterocycles. The number of methoxy groups -OCH3 is 1. The molecule has 1 aromatic rings. The lowest BCUT2D eigenvalue weighted by atomic mass is 10.1. The van der Waals surface area contributed by atoms with Crippen LogP contribution >= 0.6 is 11.6 Å². The number of benzene rings is 1. The van der Waals surface area contributed by atoms with Gasteiger partial charge in [0.05, 0.1) is 12.1 Å². The molecule has 0 fully saturated rings. The Morgan fingerprint density at radius 2 is 2.15 bits per heavy atom. The Hall–Kier alpha value is -0.800. The van der Waals surface area contributed by atoms with Gasteiger partial charge in [0.2, 0.25) is 0 Å². The molecule has 0 bridgehead atoms. The molecule has 1 rings (SSSR count). The molecule has 4 heteroatoms. The highest BCUT2D eigenvalue weighted by molar-refractivity contribution is 6.32. The predicted octanol–water partition coefficient (Wildman–Crippen LogP) is 2.51. The predicted molar refractivity (Wildman–Crippen MR) is 50.6 cm³/mol. The zero-order chi connectivity index (χ0) is 10.0. The van der Waals surface area contributed by atoms with Crippen LogP contribution in [0.15, 0.2) is 12.1 Å². The normalized spacial score (nSPS) is 12.7. The summed E-state index contributed by atoms with van der Waals surface area (Å²) < 4.78 is 18.1. The van der Waals surface area contributed by atoms with E-state index in [9.17, 15) is 4.39 Å². The lowest BCUT2D eigenvalue weighted by molar-refractivity contribution is 0.410. The number of nitrogens with two attached hydrogens (primary N) is 1. The zero-order valence-corrected chi connectivity index (χ0v) is 8.23. The van der Waals surface area contributed by atoms with Crippen LogP contribution in [0.3, 0.4) is 0 Å². The molecule has 0 amide bonds. The minimum Gasteiger partial charge on any atom is -0.495 e. The maximum Gasteiger partial charge on any atom is 0.140 e. The summed E-state index contributed by atoms with van der Waals surface area (Å²) in [5, 5.41) is 0.371. The van der Waals surface area contributed by atoms with Crippen LogP contribution in [0.4, 0.5) is 4.39 Å². The number of hydrogen-bond acceptors (Lipinski definition) is 2. The topological polar surface area (TPSA) is 35.2 Å². The molecule has 13 heavy (non-hydrogen) atoms. The number of rotatable bonds is 2. The van der Waals surface area contributed by atoms with Gasteiger partial charge >= 0.3 is 0 Å². The fourth-order valence-corrected chi connectivity index (χ4v) is 1.30. The van der Waals surface area contributed by atoms with Crippen molar-refractivity contribution in [3.63, 3.8) is 0 Å². The van der Waals surface area contributed by atoms with Crippen LogP contribution < -0.4 is 10.5 Å². The summed E-state index contributed by atoms with van der Waals surface area (Å²) in [5.74, 6) is -0.0696. The molecular weight excluding hydrogens is 193 g/mol. The third kappa shape index (κ3) is 2.11. The van der Waals surface area contributed by atoms with Crippen molar-refractivity contribution in [3.05, 3.63) is 28.5 Å². The van der Waals surface area contributed by atoms with Gasteiger partial charge in [-0.3, -0.25) is 0 Å². The largest absolute Gasteiger partial charge is 0.495 e. The number of halogens is 2. The molecule has 0 radical (unpaired) electrons. The highest BCUT2D eigenvalue weighted by Crippen LogP contribution is 2.29. The van der Waals surface area contributed by atoms with Gasteiger partial charge in [-0.25, -0.2) is 4.39 Å². The molecule has 0 aliphatic heterocycles. The molecule has 2 nitrogen and oxygen atoms in total. The molecular formula is C9H11ClFNO. The van der Waals surface area contributed by atoms with Gasteiger partial charge in [-0.2, -0.15) is 0 Å². The third-order valence-corrected chi connectivity index (χ3v) is 2.06. The van der Waals surface area contributed by atoms with Crippen LogP contribution in [-0.4, -0.2) is 7.11 Å². The van der Waals surface area contributed by atoms with E-state index in [0.717, 1.165) is 0 Å². The Morgan fingerprint density at radius 3 is 2.62 bits per heavy atom. The standard InChI is InChI=1S/C9H11ClFNO/c1-5(12)6-3-7(10)9(13-2)4-8(6)11/h3-5H,12H2,1-2H3. The summed E-state index contributed by atoms with van der Waals surface area (Å²) in [6.45, 7) is 1.70. The van der Waals surface area contributed by atoms with Gasteiger partial charge in [-0.05, 0) is 13.0 Å². The summed E-state index contributed by atoms with van der Waals surface area (Å²) in [7, 11) is 1.44. The Balaban J connectivity index is 3.20. The molecule has 0 aliphatic carbocycles. The smallest absolute Gasteiger partial charge is 0.140 e. The first kappa shape index (κ1) is 10.3. The van der Waals surface area contributed by atoms with Crippen LogP contribution in [0.2, 0.25) is 5.02 Å². The highest BCUT2D eigenvalue weighted by atomic mass is 35.5. The Kier molecular flexibility index (Phi) is 3.12. The van der Waals surface area contributed by atoms with E-state index in [1.165, 1.54) is 19.2 Å². The van der Waals surface area contributed by atoms with Gasteiger partial charge in [0.1, 0.15) is 11.6 Å². The summed E-state index contributed by atoms with van der Waals surface area (Å²) in [6.07, 6.45) is 0. The van der Waals surface area contributed by atoms with Gasteiger partial charge in [-0.1, -0.05) is 11.6 Å². The van der Waals surface area contributed by atoms with Gasteiger partial charge < -0.3 is 10.5 Å². The number of hydrogen-bond donors (Lipinski definition) is 1. The second-order valence-corrected chi connectivity index (χ2v) is 3.20. The highest BCUT2D eigenvalue weighted by Gasteiger charge is 2.11. The molecule has 0 saturated carbocycles. The molecule has 0 heterocycles. The van der Waals surface area contributed by atoms with E-state index in [1.54, 1.807) is 6.92 Å². The average molecular weight is 204 g/mol. The second-order valence-electron chi connectivity index (χ2n) is 2.80. The summed E-state index contributed by atoms with van der Waals surface area (Å²) in [6, 6.07) is 2.35. The Morgan fingerprint density at radius 1 is 1.54 bits per heavy atom. The van der Waals surface area contributed by atoms with Crippen molar-refractivity contribution >= 4 is 11.6 Å². The fraction of sp³-hybridized carbons (Fsp3) is 0.333. The third-order valence-electron chi connectivity index (χ3n) is 1.76. The average Bonchev–Trinajstić information content (AvgIpc) is 2.07. The summed E-state index contributed by atoms with van der Waals surface area (Å²) in [5.41, 5.74) is 5.93. The molecule has 72 valence electrons. The first-order chi connectivity index (χ1) is 6.06. The fourth-order valence-electron chi connectivity index (χ4n) is 1.05. The molecule has 2 N–H and O–H groups in total. The minimum atomic E-state index is -0.392. The minimum absolute atomic E-state index is 0.323. The molecule has 0 spiro atoms. The summed E-state index contributed by atoms with van der Waals surface area (Å²) in [4.78, 5) is 0. The van der Waals surface area contributed by atoms with Gasteiger partial charge in [0, 0.05) is 17.7 Å². The van der Waals surface area contributed by atoms with Gasteiger partial charge in [0.15, 0.2) is 0 Å². The lowest BCUT2D eigenvalue weighted by Crippen LogP contribution is -2.07. The van der Waals surface area contributed by atoms with Crippen LogP contribution in [-0.2, 0) is 0 Å². The first-order valence-electron chi connectivity index (χ1n) is 3.84. The van der Waals surface area contributed by atoms with Crippen LogP contribution in [0.25, 0.3) is 0 Å². The van der Waals surface area contributed by atoms with Crippen LogP contribution in [0.1, 0.15) is 18.5 Å². The van der Waals surface area contributed by atoms with Crippen molar-refractivity contribution in [1.82, 2.24) is 0 Å². The Bertz CT molecular complexity index is 315. The van der Waals surface area contributed by atoms with Crippen molar-refractivity contribution in [2.24, 2.45) is 5.73 Å². The van der Waals surface area contributed by atoms with E-state index in [0.29, 0.717) is 16.3 Å². The van der Waals surface area contributed by atoms with E-state index in [1.807, 2.05) is 0 Å². The van der Waals surface area contributed by atoms with Crippen molar-refractivity contribution in [1.29, 1.82) is 0 Å². The lowest BCUT2D eigenvalue weighted by Gasteiger charge is -2.10. The van der Waals surface area contributed by atoms with Crippen molar-refractivity contribution in [2.45, 2.75) is 13.0 Å². The molecule has 1 atom stereocenters. The monoisotopic (exact) mass is 203 g/mol. The number of ether oxygens (including phenoxy) is 1. The van der Waals surface area contributed by atoms with Gasteiger partial charge in [-0.15, -0.1) is 0 Å². The molecule has 1 aromatic carbocycles. The van der Waals surface area contributed by atoms with Crippen molar-refractivity contribution in [2.75, 3.05) is 7.11 Å². The van der Waals surface area contributed by atoms with Crippen molar-refractivity contribution in [3.8, 4) is 5.75 Å². The quantitative estimate of drug-likeness (QED) is 0.802. The van der Waals surface area contributed by atoms with E-state index in [-0.39, 0.29) is 6.04 Å². The van der Waals surface area contributed by atoms with Crippen LogP contribution in [0, 0.1) is 5.82 Å². The molecule has 0 saturated heterocycles. The SMILES string of the molecule is COc1cc(F)c(C(C)N)cc1Cl. The van der Waals surface area contributed by atoms with Crippen molar-refractivity contribution < 1.29 is 9.13 Å². The molecule has 1 unspecified atom stereocenters. The maximum atomic E-state index is 13.2. The van der Waals surface area contributed by atoms with Gasteiger partial charge in [0.25, 0.3) is 0 Å². The van der Waals surface area contributed by atoms with E-state index < -0.39 is 5.82 Å². The first-order valence-corrected chi connectivity index (χ1v) is 4.22. The molecule has 0 aliphatic rings. The second kappa shape index (κ2) is 3.94. The van der Waals surface area contributed by atoms with E-state index >= 15 is 0 Å². The summed E-state index contributed by atoms with van der Waals surface area (Å²) >= 11 is 5.80. The van der Waals surface area contributed by atoms with E-state index in [2.05, 4.69) is 0 Å². The maximum absolute atomic E-state index is 13.2. The van der Waals surface area contributed by atoms with Crippen LogP contribution in [0.5, 0.6) is 5.75 Å². The van der Waals surface area contributed by atoms with E-state index in [4.69, 9.17) is 22.1 Å². The Labute approximate surface area is 81.4 Å². The zero-order valence-electron chi connectivity index (χ0n) is 7.47.